The Hall–Kier alpha value is -0.0900. The van der Waals surface area contributed by atoms with Crippen LogP contribution >= 0.6 is 22.6 Å². The molecule has 1 aromatic rings. The molecule has 0 amide bonds. The van der Waals surface area contributed by atoms with E-state index in [0.717, 1.165) is 12.3 Å². The lowest BCUT2D eigenvalue weighted by Crippen LogP contribution is -2.27. The SMILES string of the molecule is NC(Cc1ccc(I)cc1)CC1CCCCC1. The van der Waals surface area contributed by atoms with Crippen molar-refractivity contribution in [2.24, 2.45) is 11.7 Å². The van der Waals surface area contributed by atoms with E-state index in [2.05, 4.69) is 46.9 Å². The molecule has 0 radical (unpaired) electrons. The van der Waals surface area contributed by atoms with E-state index in [4.69, 9.17) is 5.73 Å². The van der Waals surface area contributed by atoms with Crippen LogP contribution in [0.15, 0.2) is 24.3 Å². The molecule has 94 valence electrons. The fourth-order valence-corrected chi connectivity index (χ4v) is 3.22. The number of benzene rings is 1. The Morgan fingerprint density at radius 2 is 1.76 bits per heavy atom. The molecule has 0 spiro atoms. The normalized spacial score (nSPS) is 19.2. The smallest absolute Gasteiger partial charge is 0.0130 e. The number of halogens is 1. The van der Waals surface area contributed by atoms with Crippen LogP contribution in [0.4, 0.5) is 0 Å². The maximum absolute atomic E-state index is 6.27. The Bertz CT molecular complexity index is 327. The first-order valence-electron chi connectivity index (χ1n) is 6.74. The van der Waals surface area contributed by atoms with Gasteiger partial charge in [0.05, 0.1) is 0 Å². The van der Waals surface area contributed by atoms with E-state index in [0.29, 0.717) is 6.04 Å². The van der Waals surface area contributed by atoms with E-state index in [9.17, 15) is 0 Å². The van der Waals surface area contributed by atoms with Crippen molar-refractivity contribution >= 4 is 22.6 Å². The van der Waals surface area contributed by atoms with E-state index in [1.165, 1.54) is 47.7 Å². The van der Waals surface area contributed by atoms with Gasteiger partial charge in [-0.1, -0.05) is 44.2 Å². The monoisotopic (exact) mass is 343 g/mol. The minimum absolute atomic E-state index is 0.346. The van der Waals surface area contributed by atoms with Crippen LogP contribution in [0, 0.1) is 9.49 Å². The summed E-state index contributed by atoms with van der Waals surface area (Å²) in [5, 5.41) is 0. The summed E-state index contributed by atoms with van der Waals surface area (Å²) < 4.78 is 1.30. The Balaban J connectivity index is 1.79. The third-order valence-corrected chi connectivity index (χ3v) is 4.49. The lowest BCUT2D eigenvalue weighted by atomic mass is 9.84. The molecule has 1 aliphatic rings. The predicted octanol–water partition coefficient (Wildman–Crippen LogP) is 4.13. The molecular weight excluding hydrogens is 321 g/mol. The maximum atomic E-state index is 6.27. The Labute approximate surface area is 118 Å². The molecule has 2 N–H and O–H groups in total. The molecule has 2 heteroatoms. The van der Waals surface area contributed by atoms with Crippen LogP contribution in [-0.2, 0) is 6.42 Å². The third-order valence-electron chi connectivity index (χ3n) is 3.77. The molecular formula is C15H22IN. The van der Waals surface area contributed by atoms with Crippen molar-refractivity contribution < 1.29 is 0 Å². The summed E-state index contributed by atoms with van der Waals surface area (Å²) in [6, 6.07) is 9.11. The summed E-state index contributed by atoms with van der Waals surface area (Å²) in [6.45, 7) is 0. The average molecular weight is 343 g/mol. The molecule has 0 aromatic heterocycles. The second-order valence-corrected chi connectivity index (χ2v) is 6.58. The highest BCUT2D eigenvalue weighted by molar-refractivity contribution is 14.1. The van der Waals surface area contributed by atoms with Gasteiger partial charge in [0, 0.05) is 9.61 Å². The van der Waals surface area contributed by atoms with Crippen LogP contribution in [-0.4, -0.2) is 6.04 Å². The van der Waals surface area contributed by atoms with Crippen LogP contribution in [0.2, 0.25) is 0 Å². The van der Waals surface area contributed by atoms with E-state index in [1.807, 2.05) is 0 Å². The van der Waals surface area contributed by atoms with Crippen molar-refractivity contribution in [1.29, 1.82) is 0 Å². The van der Waals surface area contributed by atoms with Gasteiger partial charge in [-0.2, -0.15) is 0 Å². The van der Waals surface area contributed by atoms with Gasteiger partial charge < -0.3 is 5.73 Å². The summed E-state index contributed by atoms with van der Waals surface area (Å²) in [6.07, 6.45) is 9.32. The molecule has 0 bridgehead atoms. The van der Waals surface area contributed by atoms with Crippen molar-refractivity contribution in [2.45, 2.75) is 51.0 Å². The Morgan fingerprint density at radius 1 is 1.12 bits per heavy atom. The van der Waals surface area contributed by atoms with Gasteiger partial charge in [-0.25, -0.2) is 0 Å². The number of rotatable bonds is 4. The summed E-state index contributed by atoms with van der Waals surface area (Å²) >= 11 is 2.34. The lowest BCUT2D eigenvalue weighted by molar-refractivity contribution is 0.317. The molecule has 0 aliphatic heterocycles. The van der Waals surface area contributed by atoms with Gasteiger partial charge >= 0.3 is 0 Å². The zero-order valence-corrected chi connectivity index (χ0v) is 12.5. The summed E-state index contributed by atoms with van der Waals surface area (Å²) in [5.41, 5.74) is 7.66. The summed E-state index contributed by atoms with van der Waals surface area (Å²) in [5.74, 6) is 0.891. The van der Waals surface area contributed by atoms with Crippen molar-refractivity contribution in [1.82, 2.24) is 0 Å². The molecule has 1 nitrogen and oxygen atoms in total. The zero-order valence-electron chi connectivity index (χ0n) is 10.4. The topological polar surface area (TPSA) is 26.0 Å². The predicted molar refractivity (Wildman–Crippen MR) is 82.0 cm³/mol. The first-order chi connectivity index (χ1) is 8.24. The van der Waals surface area contributed by atoms with Gasteiger partial charge in [-0.3, -0.25) is 0 Å². The Morgan fingerprint density at radius 3 is 2.41 bits per heavy atom. The third kappa shape index (κ3) is 4.59. The van der Waals surface area contributed by atoms with Gasteiger partial charge in [0.1, 0.15) is 0 Å². The first-order valence-corrected chi connectivity index (χ1v) is 7.82. The van der Waals surface area contributed by atoms with E-state index >= 15 is 0 Å². The number of hydrogen-bond donors (Lipinski definition) is 1. The number of hydrogen-bond acceptors (Lipinski definition) is 1. The van der Waals surface area contributed by atoms with Gasteiger partial charge in [0.2, 0.25) is 0 Å². The molecule has 1 aliphatic carbocycles. The fourth-order valence-electron chi connectivity index (χ4n) is 2.86. The molecule has 1 fully saturated rings. The first kappa shape index (κ1) is 13.3. The Kier molecular flexibility index (Phi) is 5.29. The van der Waals surface area contributed by atoms with E-state index in [1.54, 1.807) is 0 Å². The van der Waals surface area contributed by atoms with E-state index < -0.39 is 0 Å². The van der Waals surface area contributed by atoms with Crippen molar-refractivity contribution in [3.8, 4) is 0 Å². The quantitative estimate of drug-likeness (QED) is 0.818. The molecule has 1 unspecified atom stereocenters. The number of nitrogens with two attached hydrogens (primary N) is 1. The molecule has 1 saturated carbocycles. The summed E-state index contributed by atoms with van der Waals surface area (Å²) in [4.78, 5) is 0. The second kappa shape index (κ2) is 6.74. The van der Waals surface area contributed by atoms with Crippen molar-refractivity contribution in [2.75, 3.05) is 0 Å². The highest BCUT2D eigenvalue weighted by atomic mass is 127. The van der Waals surface area contributed by atoms with Gasteiger partial charge in [-0.15, -0.1) is 0 Å². The molecule has 0 saturated heterocycles. The van der Waals surface area contributed by atoms with Crippen LogP contribution < -0.4 is 5.73 Å². The van der Waals surface area contributed by atoms with E-state index in [-0.39, 0.29) is 0 Å². The highest BCUT2D eigenvalue weighted by Crippen LogP contribution is 2.27. The van der Waals surface area contributed by atoms with Crippen molar-refractivity contribution in [3.63, 3.8) is 0 Å². The van der Waals surface area contributed by atoms with Crippen molar-refractivity contribution in [3.05, 3.63) is 33.4 Å². The van der Waals surface area contributed by atoms with Crippen LogP contribution in [0.25, 0.3) is 0 Å². The molecule has 0 heterocycles. The summed E-state index contributed by atoms with van der Waals surface area (Å²) in [7, 11) is 0. The molecule has 1 aromatic carbocycles. The molecule has 1 atom stereocenters. The van der Waals surface area contributed by atoms with Crippen LogP contribution in [0.3, 0.4) is 0 Å². The standard InChI is InChI=1S/C15H22IN/c16-14-8-6-13(7-9-14)11-15(17)10-12-4-2-1-3-5-12/h6-9,12,15H,1-5,10-11,17H2. The molecule has 2 rings (SSSR count). The fraction of sp³-hybridized carbons (Fsp3) is 0.600. The largest absolute Gasteiger partial charge is 0.327 e. The minimum Gasteiger partial charge on any atom is -0.327 e. The highest BCUT2D eigenvalue weighted by Gasteiger charge is 2.16. The van der Waals surface area contributed by atoms with Gasteiger partial charge in [-0.05, 0) is 59.0 Å². The lowest BCUT2D eigenvalue weighted by Gasteiger charge is -2.24. The maximum Gasteiger partial charge on any atom is 0.0130 e. The minimum atomic E-state index is 0.346. The van der Waals surface area contributed by atoms with Gasteiger partial charge in [0.15, 0.2) is 0 Å². The molecule has 17 heavy (non-hydrogen) atoms. The van der Waals surface area contributed by atoms with Gasteiger partial charge in [0.25, 0.3) is 0 Å². The van der Waals surface area contributed by atoms with Crippen LogP contribution in [0.1, 0.15) is 44.1 Å². The second-order valence-electron chi connectivity index (χ2n) is 5.33. The van der Waals surface area contributed by atoms with Crippen LogP contribution in [0.5, 0.6) is 0 Å². The zero-order chi connectivity index (χ0) is 12.1. The average Bonchev–Trinajstić information content (AvgIpc) is 2.33.